The topological polar surface area (TPSA) is 132 Å². The van der Waals surface area contributed by atoms with Crippen molar-refractivity contribution in [2.75, 3.05) is 43.4 Å². The van der Waals surface area contributed by atoms with E-state index in [2.05, 4.69) is 20.6 Å². The van der Waals surface area contributed by atoms with Gasteiger partial charge in [-0.25, -0.2) is 14.6 Å². The van der Waals surface area contributed by atoms with Gasteiger partial charge in [-0.15, -0.1) is 0 Å². The number of nitrogen functional groups attached to an aromatic ring is 1. The predicted molar refractivity (Wildman–Crippen MR) is 141 cm³/mol. The summed E-state index contributed by atoms with van der Waals surface area (Å²) in [6, 6.07) is 11.3. The number of carbonyl (C=O) groups excluding carboxylic acids is 1. The van der Waals surface area contributed by atoms with Gasteiger partial charge in [0.05, 0.1) is 17.6 Å². The molecule has 1 amide bonds. The van der Waals surface area contributed by atoms with Crippen molar-refractivity contribution in [1.82, 2.24) is 25.1 Å². The lowest BCUT2D eigenvalue weighted by Crippen LogP contribution is -2.27. The fraction of sp³-hybridized carbons (Fsp3) is 0.308. The third kappa shape index (κ3) is 4.16. The van der Waals surface area contributed by atoms with Crippen LogP contribution in [0.25, 0.3) is 22.3 Å². The Bertz CT molecular complexity index is 1480. The molecule has 4 aromatic rings. The highest BCUT2D eigenvalue weighted by Crippen LogP contribution is 2.47. The molecule has 4 heterocycles. The highest BCUT2D eigenvalue weighted by Gasteiger charge is 2.28. The van der Waals surface area contributed by atoms with Crippen molar-refractivity contribution < 1.29 is 14.3 Å². The van der Waals surface area contributed by atoms with Gasteiger partial charge in [0.15, 0.2) is 17.1 Å². The van der Waals surface area contributed by atoms with Crippen LogP contribution in [-0.4, -0.2) is 59.1 Å². The number of nitrogens with zero attached hydrogens (tertiary/aromatic N) is 5. The molecule has 0 saturated carbocycles. The summed E-state index contributed by atoms with van der Waals surface area (Å²) in [4.78, 5) is 23.6. The first-order chi connectivity index (χ1) is 18.0. The molecule has 2 aliphatic heterocycles. The number of fused-ring (bicyclic) bond motifs is 2. The maximum absolute atomic E-state index is 13.0. The summed E-state index contributed by atoms with van der Waals surface area (Å²) in [6.45, 7) is 1.70. The summed E-state index contributed by atoms with van der Waals surface area (Å²) in [5, 5.41) is 12.0. The third-order valence-corrected chi connectivity index (χ3v) is 6.78. The van der Waals surface area contributed by atoms with Crippen molar-refractivity contribution in [2.45, 2.75) is 25.4 Å². The van der Waals surface area contributed by atoms with Crippen LogP contribution >= 0.6 is 0 Å². The number of ether oxygens (including phenoxy) is 2. The average molecular weight is 501 g/mol. The van der Waals surface area contributed by atoms with Crippen LogP contribution in [-0.2, 0) is 6.54 Å². The molecular weight excluding hydrogens is 472 g/mol. The maximum Gasteiger partial charge on any atom is 0.255 e. The third-order valence-electron chi connectivity index (χ3n) is 6.78. The van der Waals surface area contributed by atoms with E-state index in [4.69, 9.17) is 20.3 Å². The first-order valence-corrected chi connectivity index (χ1v) is 12.2. The Balaban J connectivity index is 1.36. The molecule has 37 heavy (non-hydrogen) atoms. The number of anilines is 3. The molecular formula is C26H28N8O3. The molecule has 11 nitrogen and oxygen atoms in total. The Morgan fingerprint density at radius 1 is 1.16 bits per heavy atom. The molecule has 2 aromatic heterocycles. The van der Waals surface area contributed by atoms with Gasteiger partial charge in [-0.2, -0.15) is 5.10 Å². The number of hydrogen-bond acceptors (Lipinski definition) is 9. The molecule has 6 rings (SSSR count). The molecule has 0 aliphatic carbocycles. The van der Waals surface area contributed by atoms with Gasteiger partial charge in [0.25, 0.3) is 5.91 Å². The standard InChI is InChI=1S/C26H28N8O3/c1-33(2)17-7-5-15(6-8-17)26(35)31-19-10-9-18(22-23(19)37-14-36-22)21-20-24(27)29-13-30-25(20)34(32-21)12-16-4-3-11-28-16/h5-10,13,16,28H,3-4,11-12,14H2,1-2H3,(H,31,35)(H2,27,29,30). The zero-order chi connectivity index (χ0) is 25.5. The Morgan fingerprint density at radius 2 is 1.97 bits per heavy atom. The maximum atomic E-state index is 13.0. The van der Waals surface area contributed by atoms with Crippen molar-refractivity contribution in [3.8, 4) is 22.8 Å². The first kappa shape index (κ1) is 23.0. The second kappa shape index (κ2) is 9.25. The van der Waals surface area contributed by atoms with Crippen molar-refractivity contribution in [3.05, 3.63) is 48.3 Å². The van der Waals surface area contributed by atoms with Crippen LogP contribution in [0.15, 0.2) is 42.7 Å². The van der Waals surface area contributed by atoms with Gasteiger partial charge in [0.2, 0.25) is 6.79 Å². The van der Waals surface area contributed by atoms with Gasteiger partial charge in [-0.3, -0.25) is 4.79 Å². The van der Waals surface area contributed by atoms with E-state index in [9.17, 15) is 4.79 Å². The van der Waals surface area contributed by atoms with E-state index in [0.29, 0.717) is 63.4 Å². The summed E-state index contributed by atoms with van der Waals surface area (Å²) in [5.74, 6) is 1.05. The van der Waals surface area contributed by atoms with E-state index in [1.54, 1.807) is 18.2 Å². The quantitative estimate of drug-likeness (QED) is 0.365. The Hall–Kier alpha value is -4.38. The lowest BCUT2D eigenvalue weighted by Gasteiger charge is -2.13. The summed E-state index contributed by atoms with van der Waals surface area (Å²) in [7, 11) is 3.91. The number of nitrogens with two attached hydrogens (primary N) is 1. The minimum atomic E-state index is -0.243. The van der Waals surface area contributed by atoms with Crippen LogP contribution in [0.5, 0.6) is 11.5 Å². The predicted octanol–water partition coefficient (Wildman–Crippen LogP) is 2.87. The molecule has 2 aromatic carbocycles. The summed E-state index contributed by atoms with van der Waals surface area (Å²) in [6.07, 6.45) is 3.67. The highest BCUT2D eigenvalue weighted by molar-refractivity contribution is 6.06. The highest BCUT2D eigenvalue weighted by atomic mass is 16.7. The average Bonchev–Trinajstić information content (AvgIpc) is 3.66. The fourth-order valence-electron chi connectivity index (χ4n) is 4.85. The summed E-state index contributed by atoms with van der Waals surface area (Å²) >= 11 is 0. The normalized spacial score (nSPS) is 16.3. The number of rotatable bonds is 6. The molecule has 4 N–H and O–H groups in total. The van der Waals surface area contributed by atoms with E-state index < -0.39 is 0 Å². The molecule has 1 unspecified atom stereocenters. The van der Waals surface area contributed by atoms with E-state index in [-0.39, 0.29) is 12.7 Å². The van der Waals surface area contributed by atoms with Crippen molar-refractivity contribution >= 4 is 34.1 Å². The number of hydrogen-bond donors (Lipinski definition) is 3. The molecule has 1 atom stereocenters. The monoisotopic (exact) mass is 500 g/mol. The molecule has 1 fully saturated rings. The molecule has 2 aliphatic rings. The number of nitrogens with one attached hydrogen (secondary N) is 2. The smallest absolute Gasteiger partial charge is 0.255 e. The molecule has 0 radical (unpaired) electrons. The van der Waals surface area contributed by atoms with Crippen LogP contribution in [0, 0.1) is 0 Å². The molecule has 190 valence electrons. The SMILES string of the molecule is CN(C)c1ccc(C(=O)Nc2ccc(-c3nn(CC4CCCN4)c4ncnc(N)c34)c3c2OCO3)cc1. The van der Waals surface area contributed by atoms with Gasteiger partial charge in [-0.1, -0.05) is 0 Å². The van der Waals surface area contributed by atoms with Gasteiger partial charge >= 0.3 is 0 Å². The van der Waals surface area contributed by atoms with Gasteiger partial charge in [0, 0.05) is 37.0 Å². The van der Waals surface area contributed by atoms with Crippen LogP contribution in [0.4, 0.5) is 17.2 Å². The van der Waals surface area contributed by atoms with Crippen molar-refractivity contribution in [2.24, 2.45) is 0 Å². The number of aromatic nitrogens is 4. The van der Waals surface area contributed by atoms with Crippen molar-refractivity contribution in [3.63, 3.8) is 0 Å². The van der Waals surface area contributed by atoms with Gasteiger partial charge < -0.3 is 30.7 Å². The van der Waals surface area contributed by atoms with E-state index in [0.717, 1.165) is 25.1 Å². The minimum Gasteiger partial charge on any atom is -0.453 e. The number of amides is 1. The van der Waals surface area contributed by atoms with E-state index in [1.807, 2.05) is 41.9 Å². The first-order valence-electron chi connectivity index (χ1n) is 12.2. The summed E-state index contributed by atoms with van der Waals surface area (Å²) in [5.41, 5.74) is 10.3. The van der Waals surface area contributed by atoms with E-state index in [1.165, 1.54) is 6.33 Å². The second-order valence-corrected chi connectivity index (χ2v) is 9.40. The van der Waals surface area contributed by atoms with Gasteiger partial charge in [0.1, 0.15) is 17.8 Å². The zero-order valence-corrected chi connectivity index (χ0v) is 20.7. The minimum absolute atomic E-state index is 0.0311. The Kier molecular flexibility index (Phi) is 5.76. The second-order valence-electron chi connectivity index (χ2n) is 9.40. The zero-order valence-electron chi connectivity index (χ0n) is 20.7. The lowest BCUT2D eigenvalue weighted by molar-refractivity contribution is 0.102. The lowest BCUT2D eigenvalue weighted by atomic mass is 10.1. The number of carbonyl (C=O) groups is 1. The largest absolute Gasteiger partial charge is 0.453 e. The number of benzene rings is 2. The molecule has 11 heteroatoms. The van der Waals surface area contributed by atoms with Crippen LogP contribution < -0.4 is 30.7 Å². The van der Waals surface area contributed by atoms with Crippen LogP contribution in [0.2, 0.25) is 0 Å². The molecule has 1 saturated heterocycles. The van der Waals surface area contributed by atoms with Crippen LogP contribution in [0.1, 0.15) is 23.2 Å². The van der Waals surface area contributed by atoms with E-state index >= 15 is 0 Å². The Morgan fingerprint density at radius 3 is 2.73 bits per heavy atom. The molecule has 0 bridgehead atoms. The summed E-state index contributed by atoms with van der Waals surface area (Å²) < 4.78 is 13.5. The Labute approximate surface area is 213 Å². The molecule has 0 spiro atoms. The van der Waals surface area contributed by atoms with Crippen molar-refractivity contribution in [1.29, 1.82) is 0 Å². The fourth-order valence-corrected chi connectivity index (χ4v) is 4.85. The van der Waals surface area contributed by atoms with Gasteiger partial charge in [-0.05, 0) is 55.8 Å². The van der Waals surface area contributed by atoms with Crippen LogP contribution in [0.3, 0.4) is 0 Å².